The first-order chi connectivity index (χ1) is 9.90. The molecule has 112 valence electrons. The van der Waals surface area contributed by atoms with Crippen molar-refractivity contribution >= 4 is 29.3 Å². The van der Waals surface area contributed by atoms with E-state index in [9.17, 15) is 9.59 Å². The van der Waals surface area contributed by atoms with Gasteiger partial charge in [-0.05, 0) is 25.0 Å². The second-order valence-electron chi connectivity index (χ2n) is 5.48. The first kappa shape index (κ1) is 15.6. The summed E-state index contributed by atoms with van der Waals surface area (Å²) >= 11 is 1.34. The predicted molar refractivity (Wildman–Crippen MR) is 86.2 cm³/mol. The number of hydrogen-bond donors (Lipinski definition) is 1. The quantitative estimate of drug-likeness (QED) is 0.874. The van der Waals surface area contributed by atoms with E-state index in [1.54, 1.807) is 11.9 Å². The molecule has 0 fully saturated rings. The van der Waals surface area contributed by atoms with Gasteiger partial charge in [-0.3, -0.25) is 9.59 Å². The van der Waals surface area contributed by atoms with Crippen LogP contribution in [-0.2, 0) is 9.59 Å². The van der Waals surface area contributed by atoms with Gasteiger partial charge in [-0.25, -0.2) is 0 Å². The highest BCUT2D eigenvalue weighted by Gasteiger charge is 2.26. The Hall–Kier alpha value is -1.75. The Morgan fingerprint density at radius 1 is 1.29 bits per heavy atom. The zero-order valence-electron chi connectivity index (χ0n) is 12.7. The number of carbonyl (C=O) groups excluding carboxylic acids is 2. The Morgan fingerprint density at radius 3 is 2.62 bits per heavy atom. The number of benzene rings is 1. The SMILES string of the molecule is CC(C)[C@@H](C)NC(=O)/C=C1/Sc2ccccc2N(C)C1=O. The molecule has 2 rings (SSSR count). The lowest BCUT2D eigenvalue weighted by Crippen LogP contribution is -2.36. The molecule has 1 aromatic carbocycles. The number of amides is 2. The molecule has 0 saturated heterocycles. The number of rotatable bonds is 3. The summed E-state index contributed by atoms with van der Waals surface area (Å²) in [5.74, 6) is -0.0173. The molecular weight excluding hydrogens is 284 g/mol. The van der Waals surface area contributed by atoms with Gasteiger partial charge in [0.2, 0.25) is 5.91 Å². The third-order valence-electron chi connectivity index (χ3n) is 3.59. The summed E-state index contributed by atoms with van der Waals surface area (Å²) < 4.78 is 0. The van der Waals surface area contributed by atoms with Crippen LogP contribution in [0.3, 0.4) is 0 Å². The summed E-state index contributed by atoms with van der Waals surface area (Å²) in [6.07, 6.45) is 1.40. The Labute approximate surface area is 129 Å². The molecule has 0 radical (unpaired) electrons. The van der Waals surface area contributed by atoms with E-state index in [1.807, 2.05) is 45.0 Å². The van der Waals surface area contributed by atoms with Crippen LogP contribution in [0.5, 0.6) is 0 Å². The fraction of sp³-hybridized carbons (Fsp3) is 0.375. The maximum absolute atomic E-state index is 12.3. The van der Waals surface area contributed by atoms with Crippen LogP contribution in [0.4, 0.5) is 5.69 Å². The second-order valence-corrected chi connectivity index (χ2v) is 6.57. The average Bonchev–Trinajstić information content (AvgIpc) is 2.44. The molecule has 4 nitrogen and oxygen atoms in total. The third-order valence-corrected chi connectivity index (χ3v) is 4.67. The van der Waals surface area contributed by atoms with Crippen molar-refractivity contribution in [3.05, 3.63) is 35.2 Å². The van der Waals surface area contributed by atoms with E-state index in [1.165, 1.54) is 17.8 Å². The number of nitrogens with zero attached hydrogens (tertiary/aromatic N) is 1. The summed E-state index contributed by atoms with van der Waals surface area (Å²) in [7, 11) is 1.73. The standard InChI is InChI=1S/C16H20N2O2S/c1-10(2)11(3)17-15(19)9-14-16(20)18(4)12-7-5-6-8-13(12)21-14/h5-11H,1-4H3,(H,17,19)/b14-9+/t11-/m1/s1. The van der Waals surface area contributed by atoms with Gasteiger partial charge in [-0.2, -0.15) is 0 Å². The van der Waals surface area contributed by atoms with Crippen LogP contribution in [-0.4, -0.2) is 24.9 Å². The number of anilines is 1. The summed E-state index contributed by atoms with van der Waals surface area (Å²) in [5, 5.41) is 2.89. The van der Waals surface area contributed by atoms with Crippen LogP contribution < -0.4 is 10.2 Å². The number of thioether (sulfide) groups is 1. The number of carbonyl (C=O) groups is 2. The van der Waals surface area contributed by atoms with Crippen LogP contribution in [0.2, 0.25) is 0 Å². The Morgan fingerprint density at radius 2 is 1.95 bits per heavy atom. The van der Waals surface area contributed by atoms with Crippen molar-refractivity contribution in [2.75, 3.05) is 11.9 Å². The van der Waals surface area contributed by atoms with Gasteiger partial charge in [0.25, 0.3) is 5.91 Å². The van der Waals surface area contributed by atoms with Crippen LogP contribution >= 0.6 is 11.8 Å². The molecule has 1 atom stereocenters. The number of fused-ring (bicyclic) bond motifs is 1. The van der Waals surface area contributed by atoms with Crippen molar-refractivity contribution < 1.29 is 9.59 Å². The van der Waals surface area contributed by atoms with E-state index in [0.29, 0.717) is 10.8 Å². The molecule has 0 saturated carbocycles. The first-order valence-corrected chi connectivity index (χ1v) is 7.79. The third kappa shape index (κ3) is 3.47. The molecule has 1 aromatic rings. The molecule has 21 heavy (non-hydrogen) atoms. The molecule has 0 bridgehead atoms. The van der Waals surface area contributed by atoms with Crippen LogP contribution in [0.1, 0.15) is 20.8 Å². The largest absolute Gasteiger partial charge is 0.350 e. The topological polar surface area (TPSA) is 49.4 Å². The van der Waals surface area contributed by atoms with E-state index < -0.39 is 0 Å². The van der Waals surface area contributed by atoms with Gasteiger partial charge in [0.05, 0.1) is 10.6 Å². The summed E-state index contributed by atoms with van der Waals surface area (Å²) in [4.78, 5) is 27.3. The van der Waals surface area contributed by atoms with Gasteiger partial charge >= 0.3 is 0 Å². The minimum atomic E-state index is -0.222. The highest BCUT2D eigenvalue weighted by Crippen LogP contribution is 2.40. The first-order valence-electron chi connectivity index (χ1n) is 6.97. The molecule has 0 unspecified atom stereocenters. The van der Waals surface area contributed by atoms with E-state index in [2.05, 4.69) is 5.32 Å². The van der Waals surface area contributed by atoms with Gasteiger partial charge in [0.15, 0.2) is 0 Å². The van der Waals surface area contributed by atoms with Crippen molar-refractivity contribution in [3.63, 3.8) is 0 Å². The number of hydrogen-bond acceptors (Lipinski definition) is 3. The molecule has 1 N–H and O–H groups in total. The zero-order valence-corrected chi connectivity index (χ0v) is 13.5. The lowest BCUT2D eigenvalue weighted by Gasteiger charge is -2.26. The Bertz CT molecular complexity index is 596. The van der Waals surface area contributed by atoms with E-state index in [-0.39, 0.29) is 17.9 Å². The maximum atomic E-state index is 12.3. The van der Waals surface area contributed by atoms with Crippen molar-refractivity contribution in [2.45, 2.75) is 31.7 Å². The lowest BCUT2D eigenvalue weighted by atomic mass is 10.1. The highest BCUT2D eigenvalue weighted by molar-refractivity contribution is 8.04. The Kier molecular flexibility index (Phi) is 4.73. The molecule has 1 heterocycles. The van der Waals surface area contributed by atoms with Gasteiger partial charge < -0.3 is 10.2 Å². The average molecular weight is 304 g/mol. The molecule has 0 aromatic heterocycles. The predicted octanol–water partition coefficient (Wildman–Crippen LogP) is 2.80. The van der Waals surface area contributed by atoms with Crippen molar-refractivity contribution in [1.29, 1.82) is 0 Å². The minimum absolute atomic E-state index is 0.0723. The normalized spacial score (nSPS) is 17.9. The van der Waals surface area contributed by atoms with Crippen molar-refractivity contribution in [3.8, 4) is 0 Å². The second kappa shape index (κ2) is 6.35. The fourth-order valence-electron chi connectivity index (χ4n) is 1.90. The number of para-hydroxylation sites is 1. The van der Waals surface area contributed by atoms with Crippen molar-refractivity contribution in [2.24, 2.45) is 5.92 Å². The summed E-state index contributed by atoms with van der Waals surface area (Å²) in [6, 6.07) is 7.75. The van der Waals surface area contributed by atoms with Crippen molar-refractivity contribution in [1.82, 2.24) is 5.32 Å². The van der Waals surface area contributed by atoms with E-state index in [0.717, 1.165) is 10.6 Å². The molecule has 1 aliphatic heterocycles. The smallest absolute Gasteiger partial charge is 0.265 e. The van der Waals surface area contributed by atoms with Gasteiger partial charge in [0, 0.05) is 24.1 Å². The van der Waals surface area contributed by atoms with Gasteiger partial charge in [0.1, 0.15) is 0 Å². The van der Waals surface area contributed by atoms with Gasteiger partial charge in [-0.1, -0.05) is 37.7 Å². The molecular formula is C16H20N2O2S. The zero-order chi connectivity index (χ0) is 15.6. The molecule has 5 heteroatoms. The molecule has 2 amide bonds. The maximum Gasteiger partial charge on any atom is 0.265 e. The molecule has 0 spiro atoms. The highest BCUT2D eigenvalue weighted by atomic mass is 32.2. The van der Waals surface area contributed by atoms with E-state index in [4.69, 9.17) is 0 Å². The van der Waals surface area contributed by atoms with Crippen LogP contribution in [0.25, 0.3) is 0 Å². The Balaban J connectivity index is 2.20. The number of likely N-dealkylation sites (N-methyl/N-ethyl adjacent to an activating group) is 1. The van der Waals surface area contributed by atoms with Gasteiger partial charge in [-0.15, -0.1) is 0 Å². The monoisotopic (exact) mass is 304 g/mol. The summed E-state index contributed by atoms with van der Waals surface area (Å²) in [5.41, 5.74) is 0.876. The molecule has 0 aliphatic carbocycles. The molecule has 1 aliphatic rings. The van der Waals surface area contributed by atoms with Crippen LogP contribution in [0, 0.1) is 5.92 Å². The number of nitrogens with one attached hydrogen (secondary N) is 1. The fourth-order valence-corrected chi connectivity index (χ4v) is 2.98. The summed E-state index contributed by atoms with van der Waals surface area (Å²) in [6.45, 7) is 6.05. The lowest BCUT2D eigenvalue weighted by molar-refractivity contribution is -0.118. The van der Waals surface area contributed by atoms with Crippen LogP contribution in [0.15, 0.2) is 40.1 Å². The minimum Gasteiger partial charge on any atom is -0.350 e. The van der Waals surface area contributed by atoms with E-state index >= 15 is 0 Å².